The molecule has 90 valence electrons. The van der Waals surface area contributed by atoms with Gasteiger partial charge in [0.05, 0.1) is 6.10 Å². The minimum Gasteiger partial charge on any atom is -0.392 e. The first-order valence-electron chi connectivity index (χ1n) is 5.61. The van der Waals surface area contributed by atoms with Gasteiger partial charge in [0.15, 0.2) is 0 Å². The quantitative estimate of drug-likeness (QED) is 0.906. The summed E-state index contributed by atoms with van der Waals surface area (Å²) in [6.07, 6.45) is 1.12. The van der Waals surface area contributed by atoms with E-state index in [-0.39, 0.29) is 6.10 Å². The predicted octanol–water partition coefficient (Wildman–Crippen LogP) is 3.97. The Hall–Kier alpha value is -0.640. The average Bonchev–Trinajstić information content (AvgIpc) is 2.68. The van der Waals surface area contributed by atoms with Gasteiger partial charge in [-0.3, -0.25) is 0 Å². The molecule has 17 heavy (non-hydrogen) atoms. The zero-order valence-corrected chi connectivity index (χ0v) is 12.1. The molecule has 1 nitrogen and oxygen atoms in total. The number of halogens is 1. The van der Waals surface area contributed by atoms with Crippen LogP contribution in [0.15, 0.2) is 40.2 Å². The lowest BCUT2D eigenvalue weighted by Crippen LogP contribution is -2.14. The van der Waals surface area contributed by atoms with E-state index >= 15 is 0 Å². The summed E-state index contributed by atoms with van der Waals surface area (Å²) in [6, 6.07) is 10.3. The fourth-order valence-corrected chi connectivity index (χ4v) is 3.44. The summed E-state index contributed by atoms with van der Waals surface area (Å²) in [5, 5.41) is 12.2. The van der Waals surface area contributed by atoms with E-state index in [2.05, 4.69) is 35.0 Å². The van der Waals surface area contributed by atoms with Crippen LogP contribution in [0.4, 0.5) is 0 Å². The van der Waals surface area contributed by atoms with Crippen LogP contribution in [-0.2, 0) is 12.8 Å². The van der Waals surface area contributed by atoms with Crippen LogP contribution in [0.3, 0.4) is 0 Å². The van der Waals surface area contributed by atoms with Gasteiger partial charge in [-0.15, -0.1) is 11.3 Å². The van der Waals surface area contributed by atoms with Gasteiger partial charge in [0.2, 0.25) is 0 Å². The second kappa shape index (κ2) is 5.80. The van der Waals surface area contributed by atoms with Crippen molar-refractivity contribution < 1.29 is 5.11 Å². The van der Waals surface area contributed by atoms with Gasteiger partial charge in [-0.1, -0.05) is 24.3 Å². The van der Waals surface area contributed by atoms with Crippen LogP contribution in [0.2, 0.25) is 0 Å². The molecule has 3 heteroatoms. The predicted molar refractivity (Wildman–Crippen MR) is 76.6 cm³/mol. The molecule has 1 atom stereocenters. The van der Waals surface area contributed by atoms with Gasteiger partial charge in [0, 0.05) is 15.8 Å². The molecule has 1 unspecified atom stereocenters. The topological polar surface area (TPSA) is 20.2 Å². The number of aryl methyl sites for hydroxylation is 1. The van der Waals surface area contributed by atoms with E-state index in [1.165, 1.54) is 16.0 Å². The monoisotopic (exact) mass is 310 g/mol. The second-order valence-electron chi connectivity index (χ2n) is 4.18. The molecule has 0 saturated heterocycles. The van der Waals surface area contributed by atoms with E-state index in [4.69, 9.17) is 0 Å². The van der Waals surface area contributed by atoms with Crippen molar-refractivity contribution in [2.24, 2.45) is 0 Å². The summed E-state index contributed by atoms with van der Waals surface area (Å²) in [5.74, 6) is 0. The molecule has 1 aromatic heterocycles. The number of hydrogen-bond donors (Lipinski definition) is 1. The fourth-order valence-electron chi connectivity index (χ4n) is 1.85. The molecular weight excluding hydrogens is 296 g/mol. The zero-order valence-electron chi connectivity index (χ0n) is 9.69. The standard InChI is InChI=1S/C14H15BrOS/c1-10-4-2-3-5-11(10)8-12(16)9-14-13(15)6-7-17-14/h2-7,12,16H,8-9H2,1H3. The number of rotatable bonds is 4. The smallest absolute Gasteiger partial charge is 0.0629 e. The normalized spacial score (nSPS) is 12.6. The number of aliphatic hydroxyl groups is 1. The minimum absolute atomic E-state index is 0.314. The summed E-state index contributed by atoms with van der Waals surface area (Å²) in [4.78, 5) is 1.21. The van der Waals surface area contributed by atoms with Crippen molar-refractivity contribution in [2.75, 3.05) is 0 Å². The Kier molecular flexibility index (Phi) is 4.37. The van der Waals surface area contributed by atoms with Crippen LogP contribution < -0.4 is 0 Å². The molecule has 0 bridgehead atoms. The maximum absolute atomic E-state index is 10.1. The first kappa shape index (κ1) is 12.8. The van der Waals surface area contributed by atoms with Crippen molar-refractivity contribution >= 4 is 27.3 Å². The van der Waals surface area contributed by atoms with Crippen molar-refractivity contribution in [1.29, 1.82) is 0 Å². The highest BCUT2D eigenvalue weighted by Crippen LogP contribution is 2.24. The van der Waals surface area contributed by atoms with Crippen molar-refractivity contribution in [3.63, 3.8) is 0 Å². The number of benzene rings is 1. The lowest BCUT2D eigenvalue weighted by Gasteiger charge is -2.11. The summed E-state index contributed by atoms with van der Waals surface area (Å²) in [6.45, 7) is 2.09. The van der Waals surface area contributed by atoms with Crippen molar-refractivity contribution in [3.05, 3.63) is 56.2 Å². The summed E-state index contributed by atoms with van der Waals surface area (Å²) in [5.41, 5.74) is 2.48. The minimum atomic E-state index is -0.314. The van der Waals surface area contributed by atoms with Crippen molar-refractivity contribution in [3.8, 4) is 0 Å². The molecule has 1 aromatic carbocycles. The summed E-state index contributed by atoms with van der Waals surface area (Å²) >= 11 is 5.18. The first-order chi connectivity index (χ1) is 8.16. The Morgan fingerprint density at radius 1 is 1.24 bits per heavy atom. The SMILES string of the molecule is Cc1ccccc1CC(O)Cc1sccc1Br. The van der Waals surface area contributed by atoms with E-state index in [1.807, 2.05) is 23.6 Å². The Balaban J connectivity index is 2.01. The van der Waals surface area contributed by atoms with E-state index in [9.17, 15) is 5.11 Å². The highest BCUT2D eigenvalue weighted by atomic mass is 79.9. The number of thiophene rings is 1. The summed E-state index contributed by atoms with van der Waals surface area (Å²) < 4.78 is 1.10. The molecule has 0 aliphatic heterocycles. The van der Waals surface area contributed by atoms with E-state index in [0.29, 0.717) is 6.42 Å². The zero-order chi connectivity index (χ0) is 12.3. The molecule has 1 N–H and O–H groups in total. The van der Waals surface area contributed by atoms with Gasteiger partial charge in [-0.25, -0.2) is 0 Å². The fraction of sp³-hybridized carbons (Fsp3) is 0.286. The maximum Gasteiger partial charge on any atom is 0.0629 e. The first-order valence-corrected chi connectivity index (χ1v) is 7.28. The molecule has 0 spiro atoms. The van der Waals surface area contributed by atoms with Crippen molar-refractivity contribution in [2.45, 2.75) is 25.9 Å². The van der Waals surface area contributed by atoms with E-state index in [1.54, 1.807) is 11.3 Å². The average molecular weight is 311 g/mol. The summed E-state index contributed by atoms with van der Waals surface area (Å²) in [7, 11) is 0. The Bertz CT molecular complexity index is 492. The van der Waals surface area contributed by atoms with Gasteiger partial charge in [0.1, 0.15) is 0 Å². The lowest BCUT2D eigenvalue weighted by atomic mass is 10.0. The van der Waals surface area contributed by atoms with Gasteiger partial charge < -0.3 is 5.11 Å². The van der Waals surface area contributed by atoms with Gasteiger partial charge in [0.25, 0.3) is 0 Å². The molecule has 0 aliphatic rings. The van der Waals surface area contributed by atoms with Gasteiger partial charge in [-0.05, 0) is 51.8 Å². The molecule has 2 rings (SSSR count). The number of aliphatic hydroxyl groups excluding tert-OH is 1. The van der Waals surface area contributed by atoms with Crippen LogP contribution in [0.25, 0.3) is 0 Å². The molecule has 0 amide bonds. The third kappa shape index (κ3) is 3.41. The lowest BCUT2D eigenvalue weighted by molar-refractivity contribution is 0.176. The molecule has 0 radical (unpaired) electrons. The maximum atomic E-state index is 10.1. The number of hydrogen-bond acceptors (Lipinski definition) is 2. The third-order valence-corrected chi connectivity index (χ3v) is 4.78. The van der Waals surface area contributed by atoms with E-state index in [0.717, 1.165) is 10.9 Å². The van der Waals surface area contributed by atoms with Crippen LogP contribution in [-0.4, -0.2) is 11.2 Å². The highest BCUT2D eigenvalue weighted by Gasteiger charge is 2.11. The van der Waals surface area contributed by atoms with Gasteiger partial charge >= 0.3 is 0 Å². The largest absolute Gasteiger partial charge is 0.392 e. The highest BCUT2D eigenvalue weighted by molar-refractivity contribution is 9.10. The molecule has 1 heterocycles. The van der Waals surface area contributed by atoms with Gasteiger partial charge in [-0.2, -0.15) is 0 Å². The van der Waals surface area contributed by atoms with Crippen molar-refractivity contribution in [1.82, 2.24) is 0 Å². The Morgan fingerprint density at radius 2 is 2.00 bits per heavy atom. The molecule has 2 aromatic rings. The Labute approximate surface area is 114 Å². The van der Waals surface area contributed by atoms with Crippen LogP contribution in [0.1, 0.15) is 16.0 Å². The van der Waals surface area contributed by atoms with Crippen LogP contribution in [0, 0.1) is 6.92 Å². The third-order valence-electron chi connectivity index (χ3n) is 2.83. The molecule has 0 aliphatic carbocycles. The molecular formula is C14H15BrOS. The van der Waals surface area contributed by atoms with Crippen LogP contribution in [0.5, 0.6) is 0 Å². The molecule has 0 fully saturated rings. The Morgan fingerprint density at radius 3 is 2.65 bits per heavy atom. The molecule has 0 saturated carbocycles. The van der Waals surface area contributed by atoms with E-state index < -0.39 is 0 Å². The van der Waals surface area contributed by atoms with Crippen LogP contribution >= 0.6 is 27.3 Å². The second-order valence-corrected chi connectivity index (χ2v) is 6.04.